The van der Waals surface area contributed by atoms with E-state index in [4.69, 9.17) is 27.9 Å². The highest BCUT2D eigenvalue weighted by molar-refractivity contribution is 6.46. The Morgan fingerprint density at radius 1 is 1.21 bits per heavy atom. The fraction of sp³-hybridized carbons (Fsp3) is 0.545. The van der Waals surface area contributed by atoms with Crippen LogP contribution < -0.4 is 10.1 Å². The Morgan fingerprint density at radius 3 is 2.45 bits per heavy atom. The molecule has 2 N–H and O–H groups in total. The molecule has 0 aliphatic heterocycles. The number of nitrogens with one attached hydrogen (secondary N) is 2. The van der Waals surface area contributed by atoms with Gasteiger partial charge in [0.15, 0.2) is 5.78 Å². The number of H-pyrrole nitrogens is 1. The molecule has 0 radical (unpaired) electrons. The second-order valence-electron chi connectivity index (χ2n) is 7.57. The van der Waals surface area contributed by atoms with Gasteiger partial charge in [0, 0.05) is 31.2 Å². The number of unbranched alkanes of at least 4 members (excludes halogenated alkanes) is 1. The maximum atomic E-state index is 13.0. The number of hydrogen-bond acceptors (Lipinski definition) is 3. The summed E-state index contributed by atoms with van der Waals surface area (Å²) in [6.07, 6.45) is 2.88. The van der Waals surface area contributed by atoms with Gasteiger partial charge in [0.1, 0.15) is 10.8 Å². The van der Waals surface area contributed by atoms with Gasteiger partial charge in [-0.3, -0.25) is 9.59 Å². The predicted octanol–water partition coefficient (Wildman–Crippen LogP) is 6.26. The highest BCUT2D eigenvalue weighted by Crippen LogP contribution is 2.43. The Labute approximate surface area is 182 Å². The number of carbonyl (C=O) groups excluding carboxylic acids is 2. The summed E-state index contributed by atoms with van der Waals surface area (Å²) in [4.78, 5) is 27.7. The third-order valence-electron chi connectivity index (χ3n) is 4.88. The summed E-state index contributed by atoms with van der Waals surface area (Å²) in [5, 5.41) is 4.35. The van der Waals surface area contributed by atoms with Crippen molar-refractivity contribution in [3.8, 4) is 5.75 Å². The average Bonchev–Trinajstić information content (AvgIpc) is 3.03. The Balaban J connectivity index is 2.70. The van der Waals surface area contributed by atoms with Gasteiger partial charge in [-0.25, -0.2) is 0 Å². The number of Topliss-reactive ketones (excluding diaryl/α,β-unsaturated/α-hetero) is 1. The van der Waals surface area contributed by atoms with Crippen molar-refractivity contribution in [3.63, 3.8) is 0 Å². The Kier molecular flexibility index (Phi) is 8.41. The molecule has 160 valence electrons. The third kappa shape index (κ3) is 5.46. The second-order valence-corrected chi connectivity index (χ2v) is 8.33. The maximum absolute atomic E-state index is 13.0. The first-order chi connectivity index (χ1) is 13.7. The molecule has 1 heterocycles. The first-order valence-electron chi connectivity index (χ1n) is 10.2. The fourth-order valence-corrected chi connectivity index (χ4v) is 3.86. The summed E-state index contributed by atoms with van der Waals surface area (Å²) in [5.41, 5.74) is 2.04. The first-order valence-corrected chi connectivity index (χ1v) is 10.9. The third-order valence-corrected chi connectivity index (χ3v) is 5.73. The largest absolute Gasteiger partial charge is 0.489 e. The van der Waals surface area contributed by atoms with Gasteiger partial charge in [-0.2, -0.15) is 0 Å². The molecule has 0 fully saturated rings. The topological polar surface area (TPSA) is 71.2 Å². The molecule has 1 aromatic heterocycles. The van der Waals surface area contributed by atoms with Crippen molar-refractivity contribution in [2.75, 3.05) is 6.54 Å². The van der Waals surface area contributed by atoms with E-state index in [0.717, 1.165) is 30.2 Å². The standard InChI is InChI=1S/C22H30Cl2N2O3/c1-6-8-9-16(28)22-18(14(7-2)11-25-13(5)27)15-10-17(29-12(3)4)19(23)20(24)21(15)26-22/h10,12,14,26H,6-9,11H2,1-5H3,(H,25,27). The highest BCUT2D eigenvalue weighted by Gasteiger charge is 2.27. The molecule has 1 unspecified atom stereocenters. The molecule has 0 aliphatic carbocycles. The number of fused-ring (bicyclic) bond motifs is 1. The molecule has 1 aromatic carbocycles. The minimum atomic E-state index is -0.105. The van der Waals surface area contributed by atoms with Crippen LogP contribution in [0.3, 0.4) is 0 Å². The average molecular weight is 441 g/mol. The van der Waals surface area contributed by atoms with Crippen molar-refractivity contribution >= 4 is 45.8 Å². The van der Waals surface area contributed by atoms with Crippen LogP contribution in [0, 0.1) is 0 Å². The van der Waals surface area contributed by atoms with Gasteiger partial charge >= 0.3 is 0 Å². The monoisotopic (exact) mass is 440 g/mol. The van der Waals surface area contributed by atoms with Crippen molar-refractivity contribution < 1.29 is 14.3 Å². The zero-order valence-corrected chi connectivity index (χ0v) is 19.3. The van der Waals surface area contributed by atoms with Crippen molar-refractivity contribution in [1.29, 1.82) is 0 Å². The normalized spacial score (nSPS) is 12.4. The van der Waals surface area contributed by atoms with Crippen molar-refractivity contribution in [2.24, 2.45) is 0 Å². The first kappa shape index (κ1) is 23.6. The lowest BCUT2D eigenvalue weighted by molar-refractivity contribution is -0.119. The van der Waals surface area contributed by atoms with Crippen LogP contribution in [0.15, 0.2) is 6.07 Å². The molecule has 2 aromatic rings. The predicted molar refractivity (Wildman–Crippen MR) is 120 cm³/mol. The van der Waals surface area contributed by atoms with Crippen LogP contribution in [-0.4, -0.2) is 29.3 Å². The van der Waals surface area contributed by atoms with Gasteiger partial charge < -0.3 is 15.0 Å². The van der Waals surface area contributed by atoms with Crippen molar-refractivity contribution in [3.05, 3.63) is 27.4 Å². The number of amides is 1. The molecule has 7 heteroatoms. The van der Waals surface area contributed by atoms with Gasteiger partial charge in [-0.15, -0.1) is 0 Å². The number of carbonyl (C=O) groups is 2. The maximum Gasteiger partial charge on any atom is 0.216 e. The van der Waals surface area contributed by atoms with E-state index in [1.54, 1.807) is 0 Å². The van der Waals surface area contributed by atoms with E-state index in [1.807, 2.05) is 26.8 Å². The number of benzene rings is 1. The van der Waals surface area contributed by atoms with Crippen molar-refractivity contribution in [2.45, 2.75) is 72.3 Å². The minimum Gasteiger partial charge on any atom is -0.489 e. The van der Waals surface area contributed by atoms with E-state index in [2.05, 4.69) is 17.2 Å². The number of ketones is 1. The molecule has 29 heavy (non-hydrogen) atoms. The summed E-state index contributed by atoms with van der Waals surface area (Å²) in [7, 11) is 0. The molecular formula is C22H30Cl2N2O3. The molecule has 0 bridgehead atoms. The van der Waals surface area contributed by atoms with Gasteiger partial charge in [0.25, 0.3) is 0 Å². The van der Waals surface area contributed by atoms with Crippen LogP contribution in [0.4, 0.5) is 0 Å². The van der Waals surface area contributed by atoms with Crippen LogP contribution >= 0.6 is 23.2 Å². The Hall–Kier alpha value is -1.72. The summed E-state index contributed by atoms with van der Waals surface area (Å²) < 4.78 is 5.85. The van der Waals surface area contributed by atoms with E-state index in [9.17, 15) is 9.59 Å². The van der Waals surface area contributed by atoms with Gasteiger partial charge in [0.05, 0.1) is 22.3 Å². The molecule has 0 aliphatic rings. The summed E-state index contributed by atoms with van der Waals surface area (Å²) >= 11 is 13.0. The lowest BCUT2D eigenvalue weighted by Gasteiger charge is -2.18. The van der Waals surface area contributed by atoms with Crippen LogP contribution in [0.1, 0.15) is 82.3 Å². The smallest absolute Gasteiger partial charge is 0.216 e. The lowest BCUT2D eigenvalue weighted by atomic mass is 9.91. The Bertz CT molecular complexity index is 890. The molecule has 1 amide bonds. The summed E-state index contributed by atoms with van der Waals surface area (Å²) in [5.74, 6) is 0.378. The molecule has 0 spiro atoms. The van der Waals surface area contributed by atoms with E-state index in [1.165, 1.54) is 6.92 Å². The van der Waals surface area contributed by atoms with Gasteiger partial charge in [-0.05, 0) is 38.3 Å². The van der Waals surface area contributed by atoms with Crippen LogP contribution in [-0.2, 0) is 4.79 Å². The molecule has 0 saturated carbocycles. The second kappa shape index (κ2) is 10.4. The summed E-state index contributed by atoms with van der Waals surface area (Å²) in [6.45, 7) is 9.84. The SMILES string of the molecule is CCCCC(=O)c1[nH]c2c(Cl)c(Cl)c(OC(C)C)cc2c1C(CC)CNC(C)=O. The molecule has 5 nitrogen and oxygen atoms in total. The molecule has 1 atom stereocenters. The number of rotatable bonds is 10. The van der Waals surface area contributed by atoms with E-state index >= 15 is 0 Å². The fourth-order valence-electron chi connectivity index (χ4n) is 3.43. The number of halogens is 2. The van der Waals surface area contributed by atoms with E-state index in [0.29, 0.717) is 40.0 Å². The molecule has 0 saturated heterocycles. The van der Waals surface area contributed by atoms with Gasteiger partial charge in [-0.1, -0.05) is 43.5 Å². The van der Waals surface area contributed by atoms with Crippen molar-refractivity contribution in [1.82, 2.24) is 10.3 Å². The lowest BCUT2D eigenvalue weighted by Crippen LogP contribution is -2.26. The van der Waals surface area contributed by atoms with E-state index < -0.39 is 0 Å². The number of ether oxygens (including phenoxy) is 1. The van der Waals surface area contributed by atoms with Crippen LogP contribution in [0.2, 0.25) is 10.0 Å². The number of aromatic amines is 1. The molecular weight excluding hydrogens is 411 g/mol. The Morgan fingerprint density at radius 2 is 1.90 bits per heavy atom. The van der Waals surface area contributed by atoms with Crippen LogP contribution in [0.5, 0.6) is 5.75 Å². The van der Waals surface area contributed by atoms with Gasteiger partial charge in [0.2, 0.25) is 5.91 Å². The quantitative estimate of drug-likeness (QED) is 0.427. The summed E-state index contributed by atoms with van der Waals surface area (Å²) in [6, 6.07) is 1.85. The number of hydrogen-bond donors (Lipinski definition) is 2. The van der Waals surface area contributed by atoms with Crippen LogP contribution in [0.25, 0.3) is 10.9 Å². The zero-order valence-electron chi connectivity index (χ0n) is 17.7. The highest BCUT2D eigenvalue weighted by atomic mass is 35.5. The molecule has 2 rings (SSSR count). The van der Waals surface area contributed by atoms with E-state index in [-0.39, 0.29) is 23.7 Å². The number of aromatic nitrogens is 1. The minimum absolute atomic E-state index is 0.0397. The zero-order chi connectivity index (χ0) is 21.7.